The number of phenols is 1. The lowest BCUT2D eigenvalue weighted by molar-refractivity contribution is -0.109. The van der Waals surface area contributed by atoms with Crippen LogP contribution in [0.1, 0.15) is 18.9 Å². The van der Waals surface area contributed by atoms with Gasteiger partial charge < -0.3 is 5.11 Å². The molecule has 0 aliphatic rings. The van der Waals surface area contributed by atoms with Gasteiger partial charge in [-0.3, -0.25) is 4.79 Å². The Balaban J connectivity index is 2.62. The molecule has 0 atom stereocenters. The first-order chi connectivity index (χ1) is 8.00. The van der Waals surface area contributed by atoms with Crippen LogP contribution in [0.2, 0.25) is 0 Å². The molecular formula is C12H12F2O2S. The van der Waals surface area contributed by atoms with E-state index < -0.39 is 17.4 Å². The fourth-order valence-corrected chi connectivity index (χ4v) is 1.74. The van der Waals surface area contributed by atoms with E-state index in [0.717, 1.165) is 6.07 Å². The predicted octanol–water partition coefficient (Wildman–Crippen LogP) is 3.35. The van der Waals surface area contributed by atoms with Crippen molar-refractivity contribution in [3.63, 3.8) is 0 Å². The molecule has 0 spiro atoms. The molecule has 1 aromatic rings. The van der Waals surface area contributed by atoms with Gasteiger partial charge in [0.25, 0.3) is 0 Å². The zero-order chi connectivity index (χ0) is 12.8. The van der Waals surface area contributed by atoms with Crippen molar-refractivity contribution in [2.75, 3.05) is 5.75 Å². The fourth-order valence-electron chi connectivity index (χ4n) is 1.19. The number of benzene rings is 1. The van der Waals surface area contributed by atoms with Gasteiger partial charge >= 0.3 is 0 Å². The average molecular weight is 258 g/mol. The molecule has 1 aromatic carbocycles. The summed E-state index contributed by atoms with van der Waals surface area (Å²) in [5.41, 5.74) is 0.0929. The number of allylic oxidation sites excluding steroid dienone is 1. The Morgan fingerprint density at radius 3 is 2.82 bits per heavy atom. The zero-order valence-electron chi connectivity index (χ0n) is 9.24. The number of aromatic hydroxyl groups is 1. The smallest absolute Gasteiger partial charge is 0.185 e. The van der Waals surface area contributed by atoms with Gasteiger partial charge in [0, 0.05) is 24.3 Å². The van der Waals surface area contributed by atoms with Crippen LogP contribution in [0.25, 0.3) is 6.08 Å². The van der Waals surface area contributed by atoms with Crippen molar-refractivity contribution < 1.29 is 18.7 Å². The van der Waals surface area contributed by atoms with E-state index in [1.807, 2.05) is 0 Å². The Bertz CT molecular complexity index is 444. The van der Waals surface area contributed by atoms with Crippen LogP contribution < -0.4 is 0 Å². The second kappa shape index (κ2) is 6.39. The topological polar surface area (TPSA) is 37.3 Å². The first kappa shape index (κ1) is 13.7. The molecule has 0 aliphatic heterocycles. The predicted molar refractivity (Wildman–Crippen MR) is 64.8 cm³/mol. The lowest BCUT2D eigenvalue weighted by Gasteiger charge is -2.00. The molecule has 0 unspecified atom stereocenters. The van der Waals surface area contributed by atoms with Gasteiger partial charge in [-0.1, -0.05) is 23.9 Å². The second-order valence-electron chi connectivity index (χ2n) is 3.36. The van der Waals surface area contributed by atoms with Crippen LogP contribution in [0.15, 0.2) is 18.2 Å². The van der Waals surface area contributed by atoms with Crippen molar-refractivity contribution in [1.29, 1.82) is 0 Å². The monoisotopic (exact) mass is 258 g/mol. The van der Waals surface area contributed by atoms with Crippen molar-refractivity contribution >= 4 is 23.0 Å². The third-order valence-corrected chi connectivity index (χ3v) is 2.79. The Kier molecular flexibility index (Phi) is 5.15. The van der Waals surface area contributed by atoms with Gasteiger partial charge in [-0.25, -0.2) is 8.78 Å². The molecule has 5 heteroatoms. The summed E-state index contributed by atoms with van der Waals surface area (Å²) >= 11 is 1.18. The van der Waals surface area contributed by atoms with E-state index in [4.69, 9.17) is 0 Å². The van der Waals surface area contributed by atoms with Crippen molar-refractivity contribution in [2.24, 2.45) is 0 Å². The van der Waals surface area contributed by atoms with Gasteiger partial charge in [-0.2, -0.15) is 0 Å². The Morgan fingerprint density at radius 2 is 2.18 bits per heavy atom. The summed E-state index contributed by atoms with van der Waals surface area (Å²) in [6, 6.07) is 1.67. The zero-order valence-corrected chi connectivity index (χ0v) is 10.1. The van der Waals surface area contributed by atoms with Crippen molar-refractivity contribution in [3.8, 4) is 5.75 Å². The number of phenolic OH excluding ortho intramolecular Hbond substituents is 1. The van der Waals surface area contributed by atoms with E-state index in [1.54, 1.807) is 6.08 Å². The van der Waals surface area contributed by atoms with Gasteiger partial charge in [-0.05, 0) is 12.5 Å². The lowest BCUT2D eigenvalue weighted by Crippen LogP contribution is -1.86. The SMILES string of the molecule is CC(=O)SCCC=Cc1cc(F)cc(F)c1O. The molecular weight excluding hydrogens is 246 g/mol. The van der Waals surface area contributed by atoms with Crippen molar-refractivity contribution in [1.82, 2.24) is 0 Å². The number of rotatable bonds is 4. The van der Waals surface area contributed by atoms with Crippen LogP contribution in [-0.4, -0.2) is 16.0 Å². The Morgan fingerprint density at radius 1 is 1.47 bits per heavy atom. The summed E-state index contributed by atoms with van der Waals surface area (Å²) in [5, 5.41) is 9.34. The van der Waals surface area contributed by atoms with E-state index in [0.29, 0.717) is 18.2 Å². The largest absolute Gasteiger partial charge is 0.504 e. The number of thioether (sulfide) groups is 1. The van der Waals surface area contributed by atoms with Gasteiger partial charge in [0.2, 0.25) is 0 Å². The molecule has 0 bridgehead atoms. The van der Waals surface area contributed by atoms with Crippen LogP contribution in [0.4, 0.5) is 8.78 Å². The van der Waals surface area contributed by atoms with E-state index in [1.165, 1.54) is 24.8 Å². The normalized spacial score (nSPS) is 11.0. The maximum absolute atomic E-state index is 12.9. The van der Waals surface area contributed by atoms with E-state index in [9.17, 15) is 18.7 Å². The number of hydrogen-bond acceptors (Lipinski definition) is 3. The standard InChI is InChI=1S/C12H12F2O2S/c1-8(15)17-5-3-2-4-9-6-10(13)7-11(14)12(9)16/h2,4,6-7,16H,3,5H2,1H3. The Labute approximate surface area is 102 Å². The summed E-state index contributed by atoms with van der Waals surface area (Å²) in [7, 11) is 0. The molecule has 0 saturated heterocycles. The molecule has 1 N–H and O–H groups in total. The minimum atomic E-state index is -0.984. The molecule has 0 saturated carbocycles. The van der Waals surface area contributed by atoms with E-state index in [-0.39, 0.29) is 10.7 Å². The highest BCUT2D eigenvalue weighted by molar-refractivity contribution is 8.13. The summed E-state index contributed by atoms with van der Waals surface area (Å²) in [4.78, 5) is 10.6. The number of hydrogen-bond donors (Lipinski definition) is 1. The average Bonchev–Trinajstić information content (AvgIpc) is 2.23. The third-order valence-electron chi connectivity index (χ3n) is 1.94. The molecule has 92 valence electrons. The summed E-state index contributed by atoms with van der Waals surface area (Å²) in [5.74, 6) is -1.69. The highest BCUT2D eigenvalue weighted by Crippen LogP contribution is 2.24. The molecule has 17 heavy (non-hydrogen) atoms. The fraction of sp³-hybridized carbons (Fsp3) is 0.250. The molecule has 1 rings (SSSR count). The minimum Gasteiger partial charge on any atom is -0.504 e. The molecule has 0 amide bonds. The molecule has 0 fully saturated rings. The lowest BCUT2D eigenvalue weighted by atomic mass is 10.1. The highest BCUT2D eigenvalue weighted by atomic mass is 32.2. The minimum absolute atomic E-state index is 0.0260. The maximum Gasteiger partial charge on any atom is 0.185 e. The highest BCUT2D eigenvalue weighted by Gasteiger charge is 2.07. The summed E-state index contributed by atoms with van der Waals surface area (Å²) in [6.07, 6.45) is 3.67. The van der Waals surface area contributed by atoms with E-state index in [2.05, 4.69) is 0 Å². The molecule has 0 heterocycles. The van der Waals surface area contributed by atoms with Crippen LogP contribution in [0.3, 0.4) is 0 Å². The van der Waals surface area contributed by atoms with Crippen LogP contribution >= 0.6 is 11.8 Å². The van der Waals surface area contributed by atoms with Crippen LogP contribution in [0.5, 0.6) is 5.75 Å². The van der Waals surface area contributed by atoms with Crippen molar-refractivity contribution in [3.05, 3.63) is 35.4 Å². The molecule has 2 nitrogen and oxygen atoms in total. The maximum atomic E-state index is 12.9. The molecule has 0 aromatic heterocycles. The second-order valence-corrected chi connectivity index (χ2v) is 4.63. The van der Waals surface area contributed by atoms with Gasteiger partial charge in [0.05, 0.1) is 0 Å². The number of carbonyl (C=O) groups excluding carboxylic acids is 1. The van der Waals surface area contributed by atoms with Crippen molar-refractivity contribution in [2.45, 2.75) is 13.3 Å². The van der Waals surface area contributed by atoms with Gasteiger partial charge in [-0.15, -0.1) is 0 Å². The van der Waals surface area contributed by atoms with Gasteiger partial charge in [0.1, 0.15) is 5.82 Å². The molecule has 0 radical (unpaired) electrons. The first-order valence-corrected chi connectivity index (χ1v) is 5.97. The summed E-state index contributed by atoms with van der Waals surface area (Å²) < 4.78 is 25.8. The van der Waals surface area contributed by atoms with E-state index >= 15 is 0 Å². The van der Waals surface area contributed by atoms with Gasteiger partial charge in [0.15, 0.2) is 16.7 Å². The van der Waals surface area contributed by atoms with Crippen LogP contribution in [-0.2, 0) is 4.79 Å². The third kappa shape index (κ3) is 4.56. The Hall–Kier alpha value is -1.36. The molecule has 0 aliphatic carbocycles. The quantitative estimate of drug-likeness (QED) is 0.841. The number of halogens is 2. The first-order valence-electron chi connectivity index (χ1n) is 4.98. The summed E-state index contributed by atoms with van der Waals surface area (Å²) in [6.45, 7) is 1.47. The van der Waals surface area contributed by atoms with Crippen LogP contribution in [0, 0.1) is 11.6 Å². The number of carbonyl (C=O) groups is 1.